The van der Waals surface area contributed by atoms with Crippen molar-refractivity contribution < 1.29 is 19.0 Å². The van der Waals surface area contributed by atoms with Gasteiger partial charge in [0.25, 0.3) is 0 Å². The predicted octanol–water partition coefficient (Wildman–Crippen LogP) is 2.10. The number of aliphatic hydroxyl groups excluding tert-OH is 1. The van der Waals surface area contributed by atoms with Crippen molar-refractivity contribution in [1.29, 1.82) is 0 Å². The Labute approximate surface area is 102 Å². The molecular formula is C13H21FO3. The van der Waals surface area contributed by atoms with Crippen molar-refractivity contribution in [1.82, 2.24) is 0 Å². The van der Waals surface area contributed by atoms with E-state index in [2.05, 4.69) is 0 Å². The highest BCUT2D eigenvalue weighted by Gasteiger charge is 2.34. The molecule has 0 heterocycles. The molecule has 0 amide bonds. The molecule has 1 aliphatic rings. The van der Waals surface area contributed by atoms with Gasteiger partial charge in [-0.25, -0.2) is 4.39 Å². The Morgan fingerprint density at radius 3 is 2.53 bits per heavy atom. The number of ether oxygens (including phenoxy) is 1. The first-order valence-electron chi connectivity index (χ1n) is 5.91. The highest BCUT2D eigenvalue weighted by atomic mass is 19.1. The van der Waals surface area contributed by atoms with E-state index in [1.807, 2.05) is 0 Å². The summed E-state index contributed by atoms with van der Waals surface area (Å²) >= 11 is 0. The van der Waals surface area contributed by atoms with Gasteiger partial charge in [0.2, 0.25) is 0 Å². The van der Waals surface area contributed by atoms with Crippen molar-refractivity contribution in [3.63, 3.8) is 0 Å². The van der Waals surface area contributed by atoms with E-state index in [9.17, 15) is 14.3 Å². The Morgan fingerprint density at radius 1 is 1.41 bits per heavy atom. The lowest BCUT2D eigenvalue weighted by molar-refractivity contribution is -0.154. The summed E-state index contributed by atoms with van der Waals surface area (Å²) in [4.78, 5) is 11.6. The van der Waals surface area contributed by atoms with Crippen LogP contribution in [0.15, 0.2) is 12.2 Å². The quantitative estimate of drug-likeness (QED) is 0.597. The number of halogens is 1. The van der Waals surface area contributed by atoms with E-state index in [4.69, 9.17) is 4.74 Å². The number of carbonyl (C=O) groups excluding carboxylic acids is 1. The van der Waals surface area contributed by atoms with E-state index >= 15 is 0 Å². The SMILES string of the molecule is C[C@H]1[C@@H](F)[C@@H](O)C=C[C@@H]1COC(=O)C(C)(C)C. The van der Waals surface area contributed by atoms with Gasteiger partial charge in [-0.3, -0.25) is 4.79 Å². The largest absolute Gasteiger partial charge is 0.465 e. The summed E-state index contributed by atoms with van der Waals surface area (Å²) in [6.07, 6.45) is 0.819. The second-order valence-electron chi connectivity index (χ2n) is 5.69. The molecule has 0 unspecified atom stereocenters. The highest BCUT2D eigenvalue weighted by molar-refractivity contribution is 5.75. The zero-order chi connectivity index (χ0) is 13.2. The Kier molecular flexibility index (Phi) is 4.31. The number of aliphatic hydroxyl groups is 1. The molecule has 17 heavy (non-hydrogen) atoms. The van der Waals surface area contributed by atoms with Gasteiger partial charge in [-0.2, -0.15) is 0 Å². The number of rotatable bonds is 2. The fourth-order valence-electron chi connectivity index (χ4n) is 1.68. The van der Waals surface area contributed by atoms with Crippen molar-refractivity contribution in [2.24, 2.45) is 17.3 Å². The number of hydrogen-bond acceptors (Lipinski definition) is 3. The average molecular weight is 244 g/mol. The Balaban J connectivity index is 2.53. The lowest BCUT2D eigenvalue weighted by Crippen LogP contribution is -2.37. The fourth-order valence-corrected chi connectivity index (χ4v) is 1.68. The van der Waals surface area contributed by atoms with E-state index in [0.29, 0.717) is 0 Å². The Morgan fingerprint density at radius 2 is 2.00 bits per heavy atom. The molecule has 4 atom stereocenters. The molecule has 0 aromatic heterocycles. The normalized spacial score (nSPS) is 33.5. The molecule has 0 aromatic carbocycles. The number of esters is 1. The molecule has 0 spiro atoms. The summed E-state index contributed by atoms with van der Waals surface area (Å²) in [7, 11) is 0. The average Bonchev–Trinajstić information content (AvgIpc) is 2.23. The zero-order valence-corrected chi connectivity index (χ0v) is 10.8. The molecule has 0 aromatic rings. The topological polar surface area (TPSA) is 46.5 Å². The first-order chi connectivity index (χ1) is 7.73. The van der Waals surface area contributed by atoms with Gasteiger partial charge in [0.05, 0.1) is 12.0 Å². The third-order valence-corrected chi connectivity index (χ3v) is 3.08. The third kappa shape index (κ3) is 3.53. The lowest BCUT2D eigenvalue weighted by atomic mass is 9.83. The van der Waals surface area contributed by atoms with Crippen LogP contribution in [0.1, 0.15) is 27.7 Å². The fraction of sp³-hybridized carbons (Fsp3) is 0.769. The van der Waals surface area contributed by atoms with Crippen LogP contribution >= 0.6 is 0 Å². The van der Waals surface area contributed by atoms with Crippen molar-refractivity contribution in [2.75, 3.05) is 6.61 Å². The molecule has 1 aliphatic carbocycles. The third-order valence-electron chi connectivity index (χ3n) is 3.08. The number of carbonyl (C=O) groups is 1. The van der Waals surface area contributed by atoms with Crippen LogP contribution in [0.25, 0.3) is 0 Å². The second kappa shape index (κ2) is 5.17. The minimum atomic E-state index is -1.29. The molecule has 0 saturated carbocycles. The molecule has 1 N–H and O–H groups in total. The summed E-state index contributed by atoms with van der Waals surface area (Å²) in [6.45, 7) is 7.21. The van der Waals surface area contributed by atoms with Crippen LogP contribution in [0.5, 0.6) is 0 Å². The maximum atomic E-state index is 13.5. The molecule has 98 valence electrons. The lowest BCUT2D eigenvalue weighted by Gasteiger charge is -2.30. The molecular weight excluding hydrogens is 223 g/mol. The molecule has 1 rings (SSSR count). The smallest absolute Gasteiger partial charge is 0.311 e. The molecule has 0 aliphatic heterocycles. The number of alkyl halides is 1. The van der Waals surface area contributed by atoms with Crippen molar-refractivity contribution >= 4 is 5.97 Å². The van der Waals surface area contributed by atoms with Crippen LogP contribution in [0.3, 0.4) is 0 Å². The molecule has 0 fully saturated rings. The molecule has 3 nitrogen and oxygen atoms in total. The number of hydrogen-bond donors (Lipinski definition) is 1. The van der Waals surface area contributed by atoms with Crippen LogP contribution < -0.4 is 0 Å². The van der Waals surface area contributed by atoms with E-state index in [1.54, 1.807) is 33.8 Å². The van der Waals surface area contributed by atoms with E-state index < -0.39 is 17.7 Å². The summed E-state index contributed by atoms with van der Waals surface area (Å²) in [6, 6.07) is 0. The van der Waals surface area contributed by atoms with Crippen molar-refractivity contribution in [3.8, 4) is 0 Å². The maximum Gasteiger partial charge on any atom is 0.311 e. The summed E-state index contributed by atoms with van der Waals surface area (Å²) in [5.41, 5.74) is -0.545. The minimum Gasteiger partial charge on any atom is -0.465 e. The predicted molar refractivity (Wildman–Crippen MR) is 63.1 cm³/mol. The van der Waals surface area contributed by atoms with Gasteiger partial charge in [-0.15, -0.1) is 0 Å². The van der Waals surface area contributed by atoms with E-state index in [0.717, 1.165) is 0 Å². The summed E-state index contributed by atoms with van der Waals surface area (Å²) in [5.74, 6) is -0.804. The highest BCUT2D eigenvalue weighted by Crippen LogP contribution is 2.28. The molecule has 0 saturated heterocycles. The summed E-state index contributed by atoms with van der Waals surface area (Å²) in [5, 5.41) is 9.30. The van der Waals surface area contributed by atoms with Crippen molar-refractivity contribution in [3.05, 3.63) is 12.2 Å². The Hall–Kier alpha value is -0.900. The van der Waals surface area contributed by atoms with Gasteiger partial charge in [0, 0.05) is 5.92 Å². The van der Waals surface area contributed by atoms with Crippen molar-refractivity contribution in [2.45, 2.75) is 40.0 Å². The van der Waals surface area contributed by atoms with Crippen LogP contribution in [-0.2, 0) is 9.53 Å². The van der Waals surface area contributed by atoms with Crippen LogP contribution in [0.4, 0.5) is 4.39 Å². The zero-order valence-electron chi connectivity index (χ0n) is 10.8. The molecule has 4 heteroatoms. The van der Waals surface area contributed by atoms with Gasteiger partial charge in [-0.05, 0) is 26.7 Å². The second-order valence-corrected chi connectivity index (χ2v) is 5.69. The van der Waals surface area contributed by atoms with Gasteiger partial charge >= 0.3 is 5.97 Å². The molecule has 0 radical (unpaired) electrons. The first kappa shape index (κ1) is 14.2. The van der Waals surface area contributed by atoms with Crippen LogP contribution in [0, 0.1) is 17.3 Å². The monoisotopic (exact) mass is 244 g/mol. The van der Waals surface area contributed by atoms with Crippen LogP contribution in [-0.4, -0.2) is 30.0 Å². The van der Waals surface area contributed by atoms with Gasteiger partial charge in [0.15, 0.2) is 0 Å². The van der Waals surface area contributed by atoms with E-state index in [1.165, 1.54) is 6.08 Å². The van der Waals surface area contributed by atoms with Gasteiger partial charge < -0.3 is 9.84 Å². The van der Waals surface area contributed by atoms with E-state index in [-0.39, 0.29) is 24.4 Å². The van der Waals surface area contributed by atoms with Gasteiger partial charge in [-0.1, -0.05) is 19.1 Å². The molecule has 0 bridgehead atoms. The summed E-state index contributed by atoms with van der Waals surface area (Å²) < 4.78 is 18.7. The van der Waals surface area contributed by atoms with Gasteiger partial charge in [0.1, 0.15) is 12.3 Å². The first-order valence-corrected chi connectivity index (χ1v) is 5.91. The maximum absolute atomic E-state index is 13.5. The Bertz CT molecular complexity index is 306. The standard InChI is InChI=1S/C13H21FO3/c1-8-9(5-6-10(15)11(8)14)7-17-12(16)13(2,3)4/h5-6,8-11,15H,7H2,1-4H3/t8-,9-,10+,11-/m1/s1. The van der Waals surface area contributed by atoms with Crippen LogP contribution in [0.2, 0.25) is 0 Å². The minimum absolute atomic E-state index is 0.167.